The van der Waals surface area contributed by atoms with Gasteiger partial charge in [0.25, 0.3) is 0 Å². The predicted octanol–water partition coefficient (Wildman–Crippen LogP) is 4.57. The van der Waals surface area contributed by atoms with Gasteiger partial charge in [0, 0.05) is 22.4 Å². The van der Waals surface area contributed by atoms with Crippen LogP contribution in [0.15, 0.2) is 58.3 Å². The summed E-state index contributed by atoms with van der Waals surface area (Å²) in [6.45, 7) is 0.273. The molecule has 1 aliphatic rings. The van der Waals surface area contributed by atoms with Gasteiger partial charge in [0.1, 0.15) is 0 Å². The highest BCUT2D eigenvalue weighted by atomic mass is 35.5. The number of benzene rings is 2. The van der Waals surface area contributed by atoms with Crippen molar-refractivity contribution in [3.05, 3.63) is 79.2 Å². The summed E-state index contributed by atoms with van der Waals surface area (Å²) in [7, 11) is 0. The van der Waals surface area contributed by atoms with Crippen LogP contribution in [0.25, 0.3) is 11.6 Å². The Balaban J connectivity index is 1.71. The maximum absolute atomic E-state index is 12.3. The van der Waals surface area contributed by atoms with E-state index < -0.39 is 0 Å². The molecule has 3 aromatic rings. The zero-order chi connectivity index (χ0) is 17.4. The molecular formula is C19H13ClN2O2S. The van der Waals surface area contributed by atoms with Gasteiger partial charge in [-0.2, -0.15) is 0 Å². The lowest BCUT2D eigenvalue weighted by molar-refractivity contribution is 0.420. The maximum atomic E-state index is 12.3. The van der Waals surface area contributed by atoms with Crippen LogP contribution >= 0.6 is 22.9 Å². The number of rotatable bonds is 3. The summed E-state index contributed by atoms with van der Waals surface area (Å²) in [4.78, 5) is 16.9. The lowest BCUT2D eigenvalue weighted by Gasteiger charge is -2.04. The van der Waals surface area contributed by atoms with Crippen LogP contribution in [-0.4, -0.2) is 15.9 Å². The molecule has 0 saturated carbocycles. The second-order valence-electron chi connectivity index (χ2n) is 5.65. The van der Waals surface area contributed by atoms with Gasteiger partial charge in [0.05, 0.1) is 17.1 Å². The van der Waals surface area contributed by atoms with Gasteiger partial charge in [0.15, 0.2) is 0 Å². The van der Waals surface area contributed by atoms with Crippen molar-refractivity contribution in [2.24, 2.45) is 4.99 Å². The number of hydrogen-bond acceptors (Lipinski definition) is 4. The van der Waals surface area contributed by atoms with E-state index in [2.05, 4.69) is 4.99 Å². The minimum absolute atomic E-state index is 0.0414. The SMILES string of the molecule is O=c1sc(/C=C2/C=Nc3ccccc32)c(O)n1Cc1cccc(Cl)c1. The van der Waals surface area contributed by atoms with E-state index in [0.29, 0.717) is 9.90 Å². The van der Waals surface area contributed by atoms with Crippen molar-refractivity contribution in [3.63, 3.8) is 0 Å². The number of thiazole rings is 1. The Morgan fingerprint density at radius 3 is 2.88 bits per heavy atom. The summed E-state index contributed by atoms with van der Waals surface area (Å²) in [5.41, 5.74) is 3.61. The van der Waals surface area contributed by atoms with E-state index in [0.717, 1.165) is 33.7 Å². The molecule has 0 saturated heterocycles. The van der Waals surface area contributed by atoms with E-state index in [9.17, 15) is 9.90 Å². The average Bonchev–Trinajstić information content (AvgIpc) is 3.12. The van der Waals surface area contributed by atoms with E-state index >= 15 is 0 Å². The average molecular weight is 369 g/mol. The van der Waals surface area contributed by atoms with Crippen LogP contribution in [0, 0.1) is 0 Å². The summed E-state index contributed by atoms with van der Waals surface area (Å²) in [5.74, 6) is -0.0414. The monoisotopic (exact) mass is 368 g/mol. The number of nitrogens with zero attached hydrogens (tertiary/aromatic N) is 2. The fourth-order valence-corrected chi connectivity index (χ4v) is 3.81. The van der Waals surface area contributed by atoms with Crippen LogP contribution < -0.4 is 4.87 Å². The molecule has 2 aromatic carbocycles. The molecule has 1 aliphatic heterocycles. The van der Waals surface area contributed by atoms with Gasteiger partial charge in [-0.25, -0.2) is 0 Å². The molecular weight excluding hydrogens is 356 g/mol. The van der Waals surface area contributed by atoms with Crippen molar-refractivity contribution in [3.8, 4) is 5.88 Å². The molecule has 0 atom stereocenters. The summed E-state index contributed by atoms with van der Waals surface area (Å²) >= 11 is 7.00. The maximum Gasteiger partial charge on any atom is 0.310 e. The fourth-order valence-electron chi connectivity index (χ4n) is 2.76. The Kier molecular flexibility index (Phi) is 4.03. The molecule has 4 rings (SSSR count). The molecule has 0 spiro atoms. The quantitative estimate of drug-likeness (QED) is 0.736. The summed E-state index contributed by atoms with van der Waals surface area (Å²) in [6, 6.07) is 15.0. The molecule has 0 radical (unpaired) electrons. The van der Waals surface area contributed by atoms with Gasteiger partial charge in [-0.1, -0.05) is 53.3 Å². The largest absolute Gasteiger partial charge is 0.493 e. The van der Waals surface area contributed by atoms with E-state index in [1.54, 1.807) is 24.4 Å². The van der Waals surface area contributed by atoms with Crippen molar-refractivity contribution in [1.29, 1.82) is 0 Å². The molecule has 2 heterocycles. The third-order valence-electron chi connectivity index (χ3n) is 3.97. The topological polar surface area (TPSA) is 54.6 Å². The molecule has 0 unspecified atom stereocenters. The Labute approximate surface area is 153 Å². The first-order chi connectivity index (χ1) is 12.1. The van der Waals surface area contributed by atoms with Gasteiger partial charge in [0.2, 0.25) is 5.88 Å². The first-order valence-electron chi connectivity index (χ1n) is 7.64. The van der Waals surface area contributed by atoms with Gasteiger partial charge < -0.3 is 5.11 Å². The first kappa shape index (κ1) is 15.9. The van der Waals surface area contributed by atoms with Crippen molar-refractivity contribution in [2.45, 2.75) is 6.54 Å². The van der Waals surface area contributed by atoms with Crippen LogP contribution in [0.5, 0.6) is 5.88 Å². The Morgan fingerprint density at radius 1 is 1.20 bits per heavy atom. The highest BCUT2D eigenvalue weighted by molar-refractivity contribution is 7.10. The normalized spacial score (nSPS) is 14.2. The van der Waals surface area contributed by atoms with Gasteiger partial charge in [-0.15, -0.1) is 0 Å². The summed E-state index contributed by atoms with van der Waals surface area (Å²) < 4.78 is 1.35. The second-order valence-corrected chi connectivity index (χ2v) is 7.08. The molecule has 1 aromatic heterocycles. The number of aliphatic imine (C=N–C) groups is 1. The lowest BCUT2D eigenvalue weighted by Crippen LogP contribution is -2.13. The van der Waals surface area contributed by atoms with E-state index in [1.165, 1.54) is 4.57 Å². The first-order valence-corrected chi connectivity index (χ1v) is 8.83. The molecule has 25 heavy (non-hydrogen) atoms. The van der Waals surface area contributed by atoms with Crippen LogP contribution in [-0.2, 0) is 6.54 Å². The molecule has 0 amide bonds. The number of fused-ring (bicyclic) bond motifs is 1. The summed E-state index contributed by atoms with van der Waals surface area (Å²) in [5, 5.41) is 11.1. The van der Waals surface area contributed by atoms with Crippen LogP contribution in [0.4, 0.5) is 5.69 Å². The van der Waals surface area contributed by atoms with Crippen molar-refractivity contribution < 1.29 is 5.11 Å². The zero-order valence-corrected chi connectivity index (χ0v) is 14.6. The minimum Gasteiger partial charge on any atom is -0.493 e. The van der Waals surface area contributed by atoms with Crippen molar-refractivity contribution in [1.82, 2.24) is 4.57 Å². The lowest BCUT2D eigenvalue weighted by atomic mass is 10.1. The smallest absolute Gasteiger partial charge is 0.310 e. The van der Waals surface area contributed by atoms with Crippen LogP contribution in [0.1, 0.15) is 16.0 Å². The Morgan fingerprint density at radius 2 is 2.04 bits per heavy atom. The fraction of sp³-hybridized carbons (Fsp3) is 0.0526. The number of allylic oxidation sites excluding steroid dienone is 1. The predicted molar refractivity (Wildman–Crippen MR) is 103 cm³/mol. The Bertz CT molecular complexity index is 1080. The summed E-state index contributed by atoms with van der Waals surface area (Å²) in [6.07, 6.45) is 3.54. The zero-order valence-electron chi connectivity index (χ0n) is 13.0. The standard InChI is InChI=1S/C19H13ClN2O2S/c20-14-5-3-4-12(8-14)11-22-18(23)17(25-19(22)24)9-13-10-21-16-7-2-1-6-15(13)16/h1-10,23H,11H2/b13-9-. The molecule has 0 fully saturated rings. The molecule has 0 bridgehead atoms. The highest BCUT2D eigenvalue weighted by Crippen LogP contribution is 2.34. The number of aromatic nitrogens is 1. The molecule has 0 aliphatic carbocycles. The van der Waals surface area contributed by atoms with Gasteiger partial charge in [-0.05, 0) is 29.8 Å². The van der Waals surface area contributed by atoms with Crippen molar-refractivity contribution >= 4 is 46.5 Å². The van der Waals surface area contributed by atoms with E-state index in [-0.39, 0.29) is 17.3 Å². The highest BCUT2D eigenvalue weighted by Gasteiger charge is 2.16. The minimum atomic E-state index is -0.215. The van der Waals surface area contributed by atoms with Crippen LogP contribution in [0.3, 0.4) is 0 Å². The van der Waals surface area contributed by atoms with Crippen molar-refractivity contribution in [2.75, 3.05) is 0 Å². The third kappa shape index (κ3) is 3.04. The second kappa shape index (κ2) is 6.35. The Hall–Kier alpha value is -2.63. The molecule has 1 N–H and O–H groups in total. The number of hydrogen-bond donors (Lipinski definition) is 1. The number of aromatic hydroxyl groups is 1. The molecule has 6 heteroatoms. The van der Waals surface area contributed by atoms with E-state index in [1.807, 2.05) is 36.4 Å². The van der Waals surface area contributed by atoms with Gasteiger partial charge >= 0.3 is 4.87 Å². The van der Waals surface area contributed by atoms with Crippen LogP contribution in [0.2, 0.25) is 5.02 Å². The number of para-hydroxylation sites is 1. The van der Waals surface area contributed by atoms with E-state index in [4.69, 9.17) is 11.6 Å². The molecule has 124 valence electrons. The molecule has 4 nitrogen and oxygen atoms in total. The third-order valence-corrected chi connectivity index (χ3v) is 5.12. The number of halogens is 1. The van der Waals surface area contributed by atoms with Gasteiger partial charge in [-0.3, -0.25) is 14.4 Å².